The van der Waals surface area contributed by atoms with Crippen molar-refractivity contribution in [3.8, 4) is 0 Å². The number of hydroxylamine groups is 2. The van der Waals surface area contributed by atoms with Crippen molar-refractivity contribution in [1.29, 1.82) is 0 Å². The molecule has 0 aliphatic heterocycles. The van der Waals surface area contributed by atoms with Gasteiger partial charge in [0.15, 0.2) is 0 Å². The molecule has 3 nitrogen and oxygen atoms in total. The van der Waals surface area contributed by atoms with E-state index >= 15 is 0 Å². The number of hydrogen-bond donors (Lipinski definition) is 0. The molecule has 2 saturated carbocycles. The summed E-state index contributed by atoms with van der Waals surface area (Å²) in [5, 5.41) is 1.40. The second-order valence-electron chi connectivity index (χ2n) is 5.25. The molecule has 2 bridgehead atoms. The summed E-state index contributed by atoms with van der Waals surface area (Å²) in [5.74, 6) is 0.182. The Labute approximate surface area is 85.4 Å². The highest BCUT2D eigenvalue weighted by atomic mass is 16.7. The fraction of sp³-hybridized carbons (Fsp3) is 0.909. The Bertz CT molecular complexity index is 254. The number of nitrogens with zero attached hydrogens (tertiary/aromatic N) is 1. The molecule has 0 heterocycles. The number of amides is 1. The summed E-state index contributed by atoms with van der Waals surface area (Å²) in [4.78, 5) is 17.1. The van der Waals surface area contributed by atoms with Gasteiger partial charge in [0.25, 0.3) is 5.91 Å². The molecule has 1 amide bonds. The van der Waals surface area contributed by atoms with Gasteiger partial charge in [-0.15, -0.1) is 0 Å². The number of fused-ring (bicyclic) bond motifs is 2. The molecule has 3 heteroatoms. The molecule has 0 saturated heterocycles. The van der Waals surface area contributed by atoms with Crippen LogP contribution in [0.2, 0.25) is 0 Å². The standard InChI is InChI=1S/C11H19NO2/c1-10-4-6-11(8-10,7-5-10)9(13)12(2)14-3/h4-8H2,1-3H3. The molecular formula is C11H19NO2. The van der Waals surface area contributed by atoms with Gasteiger partial charge in [-0.3, -0.25) is 9.63 Å². The smallest absolute Gasteiger partial charge is 0.252 e. The van der Waals surface area contributed by atoms with Crippen LogP contribution in [0, 0.1) is 10.8 Å². The van der Waals surface area contributed by atoms with Gasteiger partial charge in [-0.05, 0) is 37.5 Å². The third-order valence-electron chi connectivity index (χ3n) is 4.19. The van der Waals surface area contributed by atoms with Crippen molar-refractivity contribution in [2.75, 3.05) is 14.2 Å². The maximum Gasteiger partial charge on any atom is 0.252 e. The average Bonchev–Trinajstić information content (AvgIpc) is 2.70. The van der Waals surface area contributed by atoms with E-state index in [1.807, 2.05) is 0 Å². The van der Waals surface area contributed by atoms with Crippen LogP contribution >= 0.6 is 0 Å². The van der Waals surface area contributed by atoms with Crippen molar-refractivity contribution in [1.82, 2.24) is 5.06 Å². The van der Waals surface area contributed by atoms with E-state index in [0.29, 0.717) is 5.41 Å². The van der Waals surface area contributed by atoms with Crippen LogP contribution in [0.4, 0.5) is 0 Å². The Balaban J connectivity index is 2.15. The first-order chi connectivity index (χ1) is 6.51. The van der Waals surface area contributed by atoms with E-state index in [1.165, 1.54) is 17.9 Å². The van der Waals surface area contributed by atoms with Crippen molar-refractivity contribution >= 4 is 5.91 Å². The van der Waals surface area contributed by atoms with Gasteiger partial charge in [0.1, 0.15) is 0 Å². The Morgan fingerprint density at radius 3 is 2.21 bits per heavy atom. The van der Waals surface area contributed by atoms with E-state index in [-0.39, 0.29) is 11.3 Å². The van der Waals surface area contributed by atoms with Crippen LogP contribution in [0.3, 0.4) is 0 Å². The number of carbonyl (C=O) groups excluding carboxylic acids is 1. The molecule has 0 aromatic heterocycles. The molecule has 0 atom stereocenters. The summed E-state index contributed by atoms with van der Waals surface area (Å²) in [6.45, 7) is 2.31. The fourth-order valence-corrected chi connectivity index (χ4v) is 3.21. The lowest BCUT2D eigenvalue weighted by molar-refractivity contribution is -0.180. The average molecular weight is 197 g/mol. The van der Waals surface area contributed by atoms with Gasteiger partial charge in [-0.25, -0.2) is 5.06 Å². The molecule has 0 unspecified atom stereocenters. The van der Waals surface area contributed by atoms with Crippen LogP contribution in [0.5, 0.6) is 0 Å². The molecule has 0 spiro atoms. The lowest BCUT2D eigenvalue weighted by Crippen LogP contribution is -2.38. The lowest BCUT2D eigenvalue weighted by atomic mass is 9.82. The quantitative estimate of drug-likeness (QED) is 0.633. The third kappa shape index (κ3) is 1.26. The van der Waals surface area contributed by atoms with Crippen molar-refractivity contribution in [3.63, 3.8) is 0 Å². The normalized spacial score (nSPS) is 40.2. The van der Waals surface area contributed by atoms with Crippen molar-refractivity contribution < 1.29 is 9.63 Å². The largest absolute Gasteiger partial charge is 0.275 e. The Hall–Kier alpha value is -0.570. The van der Waals surface area contributed by atoms with Crippen molar-refractivity contribution in [3.05, 3.63) is 0 Å². The van der Waals surface area contributed by atoms with E-state index in [2.05, 4.69) is 6.92 Å². The van der Waals surface area contributed by atoms with Gasteiger partial charge in [0.2, 0.25) is 0 Å². The van der Waals surface area contributed by atoms with Crippen molar-refractivity contribution in [2.45, 2.75) is 39.0 Å². The predicted octanol–water partition coefficient (Wildman–Crippen LogP) is 1.98. The summed E-state index contributed by atoms with van der Waals surface area (Å²) in [6, 6.07) is 0. The first-order valence-electron chi connectivity index (χ1n) is 5.34. The van der Waals surface area contributed by atoms with E-state index in [4.69, 9.17) is 4.84 Å². The second-order valence-corrected chi connectivity index (χ2v) is 5.25. The molecule has 80 valence electrons. The highest BCUT2D eigenvalue weighted by molar-refractivity contribution is 5.82. The Kier molecular flexibility index (Phi) is 2.11. The zero-order chi connectivity index (χ0) is 10.4. The molecule has 2 aliphatic rings. The maximum atomic E-state index is 12.1. The van der Waals surface area contributed by atoms with Gasteiger partial charge in [-0.2, -0.15) is 0 Å². The van der Waals surface area contributed by atoms with Gasteiger partial charge in [0.05, 0.1) is 12.5 Å². The molecule has 0 radical (unpaired) electrons. The van der Waals surface area contributed by atoms with Crippen LogP contribution in [0.25, 0.3) is 0 Å². The highest BCUT2D eigenvalue weighted by Crippen LogP contribution is 2.61. The highest BCUT2D eigenvalue weighted by Gasteiger charge is 2.56. The van der Waals surface area contributed by atoms with Gasteiger partial charge in [0, 0.05) is 7.05 Å². The summed E-state index contributed by atoms with van der Waals surface area (Å²) in [5.41, 5.74) is 0.351. The Morgan fingerprint density at radius 1 is 1.29 bits per heavy atom. The first kappa shape index (κ1) is 9.97. The van der Waals surface area contributed by atoms with E-state index in [0.717, 1.165) is 19.3 Å². The lowest BCUT2D eigenvalue weighted by Gasteiger charge is -2.29. The molecule has 2 aliphatic carbocycles. The summed E-state index contributed by atoms with van der Waals surface area (Å²) in [6.07, 6.45) is 5.57. The molecule has 14 heavy (non-hydrogen) atoms. The molecular weight excluding hydrogens is 178 g/mol. The molecule has 0 aromatic carbocycles. The molecule has 0 aromatic rings. The predicted molar refractivity (Wildman–Crippen MR) is 53.4 cm³/mol. The van der Waals surface area contributed by atoms with Crippen LogP contribution in [-0.4, -0.2) is 25.1 Å². The minimum Gasteiger partial charge on any atom is -0.275 e. The second kappa shape index (κ2) is 2.96. The van der Waals surface area contributed by atoms with Gasteiger partial charge >= 0.3 is 0 Å². The van der Waals surface area contributed by atoms with Gasteiger partial charge in [-0.1, -0.05) is 6.92 Å². The first-order valence-corrected chi connectivity index (χ1v) is 5.34. The van der Waals surface area contributed by atoms with Crippen LogP contribution in [0.1, 0.15) is 39.0 Å². The van der Waals surface area contributed by atoms with E-state index < -0.39 is 0 Å². The zero-order valence-electron chi connectivity index (χ0n) is 9.30. The number of hydrogen-bond acceptors (Lipinski definition) is 2. The monoisotopic (exact) mass is 197 g/mol. The number of rotatable bonds is 2. The summed E-state index contributed by atoms with van der Waals surface area (Å²) in [7, 11) is 3.27. The molecule has 0 N–H and O–H groups in total. The van der Waals surface area contributed by atoms with Crippen LogP contribution in [0.15, 0.2) is 0 Å². The minimum absolute atomic E-state index is 0.0838. The molecule has 2 rings (SSSR count). The summed E-state index contributed by atoms with van der Waals surface area (Å²) < 4.78 is 0. The van der Waals surface area contributed by atoms with Crippen LogP contribution < -0.4 is 0 Å². The number of carbonyl (C=O) groups is 1. The van der Waals surface area contributed by atoms with Crippen LogP contribution in [-0.2, 0) is 9.63 Å². The Morgan fingerprint density at radius 2 is 1.86 bits per heavy atom. The third-order valence-corrected chi connectivity index (χ3v) is 4.19. The summed E-state index contributed by atoms with van der Waals surface area (Å²) >= 11 is 0. The van der Waals surface area contributed by atoms with E-state index in [9.17, 15) is 4.79 Å². The fourth-order valence-electron chi connectivity index (χ4n) is 3.21. The SMILES string of the molecule is CON(C)C(=O)C12CCC(C)(CC1)C2. The van der Waals surface area contributed by atoms with E-state index in [1.54, 1.807) is 14.2 Å². The molecule has 2 fully saturated rings. The minimum atomic E-state index is -0.0838. The maximum absolute atomic E-state index is 12.1. The topological polar surface area (TPSA) is 29.5 Å². The van der Waals surface area contributed by atoms with Crippen molar-refractivity contribution in [2.24, 2.45) is 10.8 Å². The van der Waals surface area contributed by atoms with Gasteiger partial charge < -0.3 is 0 Å². The zero-order valence-corrected chi connectivity index (χ0v) is 9.30.